The highest BCUT2D eigenvalue weighted by Crippen LogP contribution is 2.15. The maximum atomic E-state index is 13.2. The number of amides is 2. The first-order chi connectivity index (χ1) is 14.5. The number of nitrogens with one attached hydrogen (secondary N) is 2. The number of alkyl carbamates (subject to hydrolysis) is 1. The van der Waals surface area contributed by atoms with Gasteiger partial charge in [-0.15, -0.1) is 0 Å². The van der Waals surface area contributed by atoms with E-state index in [2.05, 4.69) is 15.5 Å². The molecule has 1 saturated heterocycles. The van der Waals surface area contributed by atoms with Gasteiger partial charge in [0.15, 0.2) is 0 Å². The van der Waals surface area contributed by atoms with Gasteiger partial charge in [0.2, 0.25) is 5.91 Å². The Morgan fingerprint density at radius 2 is 1.68 bits per heavy atom. The fraction of sp³-hybridized carbons (Fsp3) is 0.625. The maximum absolute atomic E-state index is 13.2. The average molecular weight is 448 g/mol. The molecule has 0 spiro atoms. The Morgan fingerprint density at radius 1 is 1.06 bits per heavy atom. The van der Waals surface area contributed by atoms with E-state index in [-0.39, 0.29) is 17.9 Å². The minimum atomic E-state index is -0.686. The third kappa shape index (κ3) is 8.85. The number of rotatable bonds is 8. The van der Waals surface area contributed by atoms with Crippen molar-refractivity contribution in [3.8, 4) is 0 Å². The van der Waals surface area contributed by atoms with Gasteiger partial charge in [-0.05, 0) is 57.9 Å². The van der Waals surface area contributed by atoms with Crippen LogP contribution < -0.4 is 10.6 Å². The lowest BCUT2D eigenvalue weighted by atomic mass is 10.0. The van der Waals surface area contributed by atoms with Crippen LogP contribution in [0.1, 0.15) is 59.4 Å². The fourth-order valence-corrected chi connectivity index (χ4v) is 3.96. The van der Waals surface area contributed by atoms with Crippen molar-refractivity contribution in [1.29, 1.82) is 0 Å². The Labute approximate surface area is 192 Å². The van der Waals surface area contributed by atoms with E-state index in [1.807, 2.05) is 44.2 Å². The van der Waals surface area contributed by atoms with Gasteiger partial charge in [-0.25, -0.2) is 4.79 Å². The summed E-state index contributed by atoms with van der Waals surface area (Å²) >= 11 is 5.79. The minimum absolute atomic E-state index is 0.226. The molecule has 1 aromatic rings. The Balaban J connectivity index is 2.14. The first-order valence-electron chi connectivity index (χ1n) is 11.2. The van der Waals surface area contributed by atoms with Crippen molar-refractivity contribution < 1.29 is 14.3 Å². The molecule has 1 aromatic carbocycles. The monoisotopic (exact) mass is 447 g/mol. The van der Waals surface area contributed by atoms with Crippen LogP contribution in [0.5, 0.6) is 0 Å². The molecule has 2 atom stereocenters. The molecular formula is C24H37N3O3S. The third-order valence-corrected chi connectivity index (χ3v) is 5.57. The zero-order valence-electron chi connectivity index (χ0n) is 19.4. The first-order valence-corrected chi connectivity index (χ1v) is 11.6. The molecule has 0 bridgehead atoms. The molecule has 1 aliphatic rings. The summed E-state index contributed by atoms with van der Waals surface area (Å²) in [6, 6.07) is 9.02. The molecule has 2 rings (SSSR count). The predicted octanol–water partition coefficient (Wildman–Crippen LogP) is 4.08. The normalized spacial score (nSPS) is 16.0. The number of nitrogens with zero attached hydrogens (tertiary/aromatic N) is 1. The topological polar surface area (TPSA) is 70.7 Å². The first kappa shape index (κ1) is 25.1. The number of likely N-dealkylation sites (tertiary alicyclic amines) is 1. The molecule has 1 fully saturated rings. The fourth-order valence-electron chi connectivity index (χ4n) is 3.63. The molecule has 1 aliphatic heterocycles. The van der Waals surface area contributed by atoms with E-state index in [4.69, 9.17) is 17.0 Å². The molecular weight excluding hydrogens is 410 g/mol. The Morgan fingerprint density at radius 3 is 2.23 bits per heavy atom. The van der Waals surface area contributed by atoms with Gasteiger partial charge in [-0.3, -0.25) is 4.79 Å². The summed E-state index contributed by atoms with van der Waals surface area (Å²) in [5.74, 6) is -0.00849. The Bertz CT molecular complexity index is 740. The smallest absolute Gasteiger partial charge is 0.408 e. The molecule has 172 valence electrons. The summed E-state index contributed by atoms with van der Waals surface area (Å²) in [6.07, 6.45) is 2.77. The van der Waals surface area contributed by atoms with Crippen LogP contribution >= 0.6 is 12.2 Å². The number of hydrogen-bond acceptors (Lipinski definition) is 4. The summed E-state index contributed by atoms with van der Waals surface area (Å²) in [5, 5.41) is 5.88. The number of hydrogen-bond donors (Lipinski definition) is 2. The summed E-state index contributed by atoms with van der Waals surface area (Å²) in [4.78, 5) is 28.5. The van der Waals surface area contributed by atoms with Crippen LogP contribution in [0.2, 0.25) is 0 Å². The van der Waals surface area contributed by atoms with Crippen molar-refractivity contribution in [2.24, 2.45) is 5.92 Å². The zero-order valence-corrected chi connectivity index (χ0v) is 20.3. The van der Waals surface area contributed by atoms with Gasteiger partial charge < -0.3 is 20.3 Å². The van der Waals surface area contributed by atoms with E-state index in [1.54, 1.807) is 20.8 Å². The van der Waals surface area contributed by atoms with Gasteiger partial charge in [-0.1, -0.05) is 56.4 Å². The van der Waals surface area contributed by atoms with E-state index >= 15 is 0 Å². The van der Waals surface area contributed by atoms with E-state index in [0.717, 1.165) is 36.5 Å². The zero-order chi connectivity index (χ0) is 23.0. The molecule has 1 heterocycles. The molecule has 0 saturated carbocycles. The van der Waals surface area contributed by atoms with E-state index in [0.29, 0.717) is 12.8 Å². The van der Waals surface area contributed by atoms with Gasteiger partial charge in [0.1, 0.15) is 16.6 Å². The lowest BCUT2D eigenvalue weighted by Gasteiger charge is -2.30. The van der Waals surface area contributed by atoms with E-state index in [1.165, 1.54) is 0 Å². The molecule has 0 radical (unpaired) electrons. The molecule has 0 aromatic heterocycles. The van der Waals surface area contributed by atoms with Crippen molar-refractivity contribution in [3.63, 3.8) is 0 Å². The molecule has 0 aliphatic carbocycles. The average Bonchev–Trinajstić information content (AvgIpc) is 3.20. The summed E-state index contributed by atoms with van der Waals surface area (Å²) in [7, 11) is 0. The summed E-state index contributed by atoms with van der Waals surface area (Å²) < 4.78 is 5.37. The highest BCUT2D eigenvalue weighted by atomic mass is 32.1. The van der Waals surface area contributed by atoms with Crippen LogP contribution in [0.15, 0.2) is 30.3 Å². The van der Waals surface area contributed by atoms with Crippen LogP contribution in [-0.2, 0) is 16.0 Å². The van der Waals surface area contributed by atoms with Crippen LogP contribution in [0.4, 0.5) is 4.79 Å². The van der Waals surface area contributed by atoms with Crippen molar-refractivity contribution >= 4 is 29.2 Å². The van der Waals surface area contributed by atoms with Gasteiger partial charge in [0.25, 0.3) is 0 Å². The quantitative estimate of drug-likeness (QED) is 0.588. The molecule has 7 heteroatoms. The number of carbonyl (C=O) groups excluding carboxylic acids is 2. The Kier molecular flexibility index (Phi) is 9.29. The molecule has 2 amide bonds. The number of carbonyl (C=O) groups is 2. The number of ether oxygens (including phenoxy) is 1. The second kappa shape index (κ2) is 11.5. The van der Waals surface area contributed by atoms with Crippen LogP contribution in [0, 0.1) is 5.92 Å². The largest absolute Gasteiger partial charge is 0.444 e. The van der Waals surface area contributed by atoms with Crippen molar-refractivity contribution in [3.05, 3.63) is 35.9 Å². The number of thiocarbonyl (C=S) groups is 1. The van der Waals surface area contributed by atoms with Crippen LogP contribution in [-0.4, -0.2) is 52.7 Å². The lowest BCUT2D eigenvalue weighted by Crippen LogP contribution is -2.55. The molecule has 2 N–H and O–H groups in total. The SMILES string of the molecule is CC(C)C[C@H](NC(=O)OC(C)(C)C)C(=O)N[C@@H](Cc1ccccc1)C(=S)N1CCCC1. The van der Waals surface area contributed by atoms with Crippen LogP contribution in [0.3, 0.4) is 0 Å². The lowest BCUT2D eigenvalue weighted by molar-refractivity contribution is -0.123. The summed E-state index contributed by atoms with van der Waals surface area (Å²) in [5.41, 5.74) is 0.477. The van der Waals surface area contributed by atoms with Crippen LogP contribution in [0.25, 0.3) is 0 Å². The second-order valence-corrected chi connectivity index (χ2v) is 10.0. The number of benzene rings is 1. The van der Waals surface area contributed by atoms with Gasteiger partial charge >= 0.3 is 6.09 Å². The van der Waals surface area contributed by atoms with E-state index in [9.17, 15) is 9.59 Å². The Hall–Kier alpha value is -2.15. The van der Waals surface area contributed by atoms with Gasteiger partial charge in [-0.2, -0.15) is 0 Å². The minimum Gasteiger partial charge on any atom is -0.444 e. The second-order valence-electron chi connectivity index (χ2n) is 9.61. The maximum Gasteiger partial charge on any atom is 0.408 e. The highest BCUT2D eigenvalue weighted by molar-refractivity contribution is 7.80. The van der Waals surface area contributed by atoms with Gasteiger partial charge in [0, 0.05) is 13.1 Å². The molecule has 31 heavy (non-hydrogen) atoms. The van der Waals surface area contributed by atoms with Crippen molar-refractivity contribution in [2.45, 2.75) is 78.0 Å². The summed E-state index contributed by atoms with van der Waals surface area (Å²) in [6.45, 7) is 11.3. The molecule has 6 nitrogen and oxygen atoms in total. The predicted molar refractivity (Wildman–Crippen MR) is 128 cm³/mol. The molecule has 0 unspecified atom stereocenters. The third-order valence-electron chi connectivity index (χ3n) is 5.03. The van der Waals surface area contributed by atoms with Crippen molar-refractivity contribution in [1.82, 2.24) is 15.5 Å². The van der Waals surface area contributed by atoms with Crippen molar-refractivity contribution in [2.75, 3.05) is 13.1 Å². The van der Waals surface area contributed by atoms with Gasteiger partial charge in [0.05, 0.1) is 6.04 Å². The standard InChI is InChI=1S/C24H37N3O3S/c1-17(2)15-19(26-23(29)30-24(3,4)5)21(28)25-20(16-18-11-7-6-8-12-18)22(31)27-13-9-10-14-27/h6-8,11-12,17,19-20H,9-10,13-16H2,1-5H3,(H,25,28)(H,26,29)/t19-,20-/m0/s1. The van der Waals surface area contributed by atoms with E-state index < -0.39 is 17.7 Å². The highest BCUT2D eigenvalue weighted by Gasteiger charge is 2.30.